The molecule has 2 atom stereocenters. The number of nitrogens with two attached hydrogens (primary N) is 1. The summed E-state index contributed by atoms with van der Waals surface area (Å²) in [4.78, 5) is 2.53. The summed E-state index contributed by atoms with van der Waals surface area (Å²) in [6.07, 6.45) is 5.16. The van der Waals surface area contributed by atoms with E-state index >= 15 is 0 Å². The Morgan fingerprint density at radius 2 is 2.21 bits per heavy atom. The van der Waals surface area contributed by atoms with Crippen LogP contribution in [-0.2, 0) is 0 Å². The van der Waals surface area contributed by atoms with Crippen LogP contribution in [0.3, 0.4) is 0 Å². The van der Waals surface area contributed by atoms with Gasteiger partial charge in [0.25, 0.3) is 0 Å². The third-order valence-corrected chi connectivity index (χ3v) is 4.87. The molecule has 19 heavy (non-hydrogen) atoms. The highest BCUT2D eigenvalue weighted by molar-refractivity contribution is 9.10. The van der Waals surface area contributed by atoms with Gasteiger partial charge >= 0.3 is 0 Å². The van der Waals surface area contributed by atoms with Crippen LogP contribution in [0.5, 0.6) is 0 Å². The Hall–Kier alpha value is -0.0900. The molecule has 2 N–H and O–H groups in total. The first-order valence-electron chi connectivity index (χ1n) is 7.04. The first-order valence-corrected chi connectivity index (χ1v) is 8.21. The van der Waals surface area contributed by atoms with Gasteiger partial charge in [-0.3, -0.25) is 4.90 Å². The van der Waals surface area contributed by atoms with Gasteiger partial charge in [0.05, 0.1) is 0 Å². The van der Waals surface area contributed by atoms with E-state index in [1.807, 2.05) is 12.1 Å². The lowest BCUT2D eigenvalue weighted by atomic mass is 10.0. The Morgan fingerprint density at radius 1 is 1.42 bits per heavy atom. The molecule has 0 amide bonds. The first kappa shape index (κ1) is 15.3. The van der Waals surface area contributed by atoms with E-state index in [2.05, 4.69) is 33.8 Å². The van der Waals surface area contributed by atoms with Gasteiger partial charge in [0.2, 0.25) is 0 Å². The normalized spacial score (nSPS) is 23.1. The molecule has 0 saturated carbocycles. The van der Waals surface area contributed by atoms with E-state index in [0.717, 1.165) is 21.6 Å². The lowest BCUT2D eigenvalue weighted by Crippen LogP contribution is -2.39. The monoisotopic (exact) mass is 344 g/mol. The van der Waals surface area contributed by atoms with E-state index in [1.165, 1.54) is 25.7 Å². The van der Waals surface area contributed by atoms with Crippen LogP contribution in [0.1, 0.15) is 44.2 Å². The van der Waals surface area contributed by atoms with Gasteiger partial charge in [-0.15, -0.1) is 0 Å². The van der Waals surface area contributed by atoms with Crippen LogP contribution in [0.25, 0.3) is 0 Å². The van der Waals surface area contributed by atoms with Crippen molar-refractivity contribution in [2.75, 3.05) is 13.1 Å². The number of rotatable bonds is 3. The van der Waals surface area contributed by atoms with E-state index < -0.39 is 0 Å². The van der Waals surface area contributed by atoms with Crippen molar-refractivity contribution < 1.29 is 0 Å². The largest absolute Gasteiger partial charge is 0.329 e. The van der Waals surface area contributed by atoms with Crippen LogP contribution < -0.4 is 5.73 Å². The molecule has 1 aliphatic heterocycles. The molecule has 0 aliphatic carbocycles. The van der Waals surface area contributed by atoms with Crippen molar-refractivity contribution in [2.24, 2.45) is 5.73 Å². The Kier molecular flexibility index (Phi) is 5.70. The zero-order valence-corrected chi connectivity index (χ0v) is 13.8. The van der Waals surface area contributed by atoms with Crippen LogP contribution in [-0.4, -0.2) is 24.0 Å². The number of nitrogens with zero attached hydrogens (tertiary/aromatic N) is 1. The summed E-state index contributed by atoms with van der Waals surface area (Å²) < 4.78 is 1.01. The minimum absolute atomic E-state index is 0.230. The molecule has 0 aromatic heterocycles. The fraction of sp³-hybridized carbons (Fsp3) is 0.600. The average Bonchev–Trinajstić information content (AvgIpc) is 2.58. The number of hydrogen-bond acceptors (Lipinski definition) is 2. The quantitative estimate of drug-likeness (QED) is 0.881. The summed E-state index contributed by atoms with van der Waals surface area (Å²) >= 11 is 9.86. The summed E-state index contributed by atoms with van der Waals surface area (Å²) in [5, 5.41) is 0.807. The van der Waals surface area contributed by atoms with Gasteiger partial charge < -0.3 is 5.73 Å². The maximum Gasteiger partial charge on any atom is 0.0488 e. The van der Waals surface area contributed by atoms with Gasteiger partial charge in [0, 0.05) is 28.1 Å². The number of hydrogen-bond donors (Lipinski definition) is 1. The van der Waals surface area contributed by atoms with E-state index in [-0.39, 0.29) is 6.04 Å². The maximum atomic E-state index is 6.40. The SMILES string of the molecule is CC1CCCCCN1C(CN)c1ccc(Br)cc1Cl. The van der Waals surface area contributed by atoms with Crippen LogP contribution in [0.2, 0.25) is 5.02 Å². The summed E-state index contributed by atoms with van der Waals surface area (Å²) in [6, 6.07) is 6.92. The first-order chi connectivity index (χ1) is 9.13. The highest BCUT2D eigenvalue weighted by Gasteiger charge is 2.26. The predicted octanol–water partition coefficient (Wildman–Crippen LogP) is 4.37. The summed E-state index contributed by atoms with van der Waals surface area (Å²) in [7, 11) is 0. The van der Waals surface area contributed by atoms with E-state index in [0.29, 0.717) is 12.6 Å². The molecule has 1 aliphatic rings. The molecule has 2 nitrogen and oxygen atoms in total. The maximum absolute atomic E-state index is 6.40. The second kappa shape index (κ2) is 7.07. The van der Waals surface area contributed by atoms with Gasteiger partial charge in [0.1, 0.15) is 0 Å². The number of benzene rings is 1. The molecule has 1 aromatic rings. The third-order valence-electron chi connectivity index (χ3n) is 4.05. The van der Waals surface area contributed by atoms with Crippen molar-refractivity contribution in [2.45, 2.75) is 44.7 Å². The minimum Gasteiger partial charge on any atom is -0.329 e. The molecule has 1 aromatic carbocycles. The lowest BCUT2D eigenvalue weighted by molar-refractivity contribution is 0.151. The summed E-state index contributed by atoms with van der Waals surface area (Å²) in [6.45, 7) is 4.04. The summed E-state index contributed by atoms with van der Waals surface area (Å²) in [5.41, 5.74) is 7.20. The summed E-state index contributed by atoms with van der Waals surface area (Å²) in [5.74, 6) is 0. The Bertz CT molecular complexity index is 425. The fourth-order valence-corrected chi connectivity index (χ4v) is 3.77. The van der Waals surface area contributed by atoms with Crippen molar-refractivity contribution in [3.05, 3.63) is 33.3 Å². The zero-order valence-electron chi connectivity index (χ0n) is 11.4. The van der Waals surface area contributed by atoms with E-state index in [4.69, 9.17) is 17.3 Å². The van der Waals surface area contributed by atoms with E-state index in [1.54, 1.807) is 0 Å². The Balaban J connectivity index is 2.27. The van der Waals surface area contributed by atoms with Crippen LogP contribution in [0.4, 0.5) is 0 Å². The molecule has 2 rings (SSSR count). The third kappa shape index (κ3) is 3.72. The Labute approximate surface area is 129 Å². The van der Waals surface area contributed by atoms with Crippen molar-refractivity contribution in [1.82, 2.24) is 4.90 Å². The second-order valence-electron chi connectivity index (χ2n) is 5.35. The second-order valence-corrected chi connectivity index (χ2v) is 6.68. The highest BCUT2D eigenvalue weighted by atomic mass is 79.9. The van der Waals surface area contributed by atoms with Gasteiger partial charge in [-0.1, -0.05) is 46.4 Å². The van der Waals surface area contributed by atoms with Gasteiger partial charge in [-0.2, -0.15) is 0 Å². The van der Waals surface area contributed by atoms with Gasteiger partial charge in [-0.25, -0.2) is 0 Å². The molecule has 106 valence electrons. The fourth-order valence-electron chi connectivity index (χ4n) is 2.97. The number of likely N-dealkylation sites (tertiary alicyclic amines) is 1. The van der Waals surface area contributed by atoms with Crippen LogP contribution >= 0.6 is 27.5 Å². The van der Waals surface area contributed by atoms with E-state index in [9.17, 15) is 0 Å². The Morgan fingerprint density at radius 3 is 2.89 bits per heavy atom. The van der Waals surface area contributed by atoms with Crippen molar-refractivity contribution in [3.8, 4) is 0 Å². The topological polar surface area (TPSA) is 29.3 Å². The molecular formula is C15H22BrClN2. The molecule has 1 heterocycles. The van der Waals surface area contributed by atoms with Crippen molar-refractivity contribution in [3.63, 3.8) is 0 Å². The predicted molar refractivity (Wildman–Crippen MR) is 85.6 cm³/mol. The van der Waals surface area contributed by atoms with Gasteiger partial charge in [0.15, 0.2) is 0 Å². The molecule has 4 heteroatoms. The van der Waals surface area contributed by atoms with Crippen LogP contribution in [0.15, 0.2) is 22.7 Å². The molecule has 1 fully saturated rings. The molecule has 0 bridgehead atoms. The molecule has 2 unspecified atom stereocenters. The standard InChI is InChI=1S/C15H22BrClN2/c1-11-5-3-2-4-8-19(11)15(10-18)13-7-6-12(16)9-14(13)17/h6-7,9,11,15H,2-5,8,10,18H2,1H3. The molecule has 0 radical (unpaired) electrons. The van der Waals surface area contributed by atoms with Crippen LogP contribution in [0, 0.1) is 0 Å². The van der Waals surface area contributed by atoms with Crippen molar-refractivity contribution in [1.29, 1.82) is 0 Å². The van der Waals surface area contributed by atoms with Crippen molar-refractivity contribution >= 4 is 27.5 Å². The smallest absolute Gasteiger partial charge is 0.0488 e. The zero-order chi connectivity index (χ0) is 13.8. The lowest BCUT2D eigenvalue weighted by Gasteiger charge is -2.35. The minimum atomic E-state index is 0.230. The average molecular weight is 346 g/mol. The van der Waals surface area contributed by atoms with Gasteiger partial charge in [-0.05, 0) is 44.0 Å². The molecule has 1 saturated heterocycles. The molecule has 0 spiro atoms. The highest BCUT2D eigenvalue weighted by Crippen LogP contribution is 2.32. The molecular weight excluding hydrogens is 324 g/mol. The number of halogens is 2.